The molecular weight excluding hydrogens is 300 g/mol. The highest BCUT2D eigenvalue weighted by Crippen LogP contribution is 2.21. The van der Waals surface area contributed by atoms with Gasteiger partial charge >= 0.3 is 0 Å². The summed E-state index contributed by atoms with van der Waals surface area (Å²) in [5.74, 6) is 2.84. The Morgan fingerprint density at radius 1 is 1.21 bits per heavy atom. The molecule has 0 amide bonds. The van der Waals surface area contributed by atoms with Crippen molar-refractivity contribution in [3.05, 3.63) is 4.85 Å². The highest BCUT2D eigenvalue weighted by molar-refractivity contribution is 5.24. The molecule has 0 aromatic carbocycles. The maximum atomic E-state index is 7.88. The van der Waals surface area contributed by atoms with E-state index in [9.17, 15) is 0 Å². The van der Waals surface area contributed by atoms with Crippen molar-refractivity contribution in [1.82, 2.24) is 5.32 Å². The molecule has 0 heterocycles. The highest BCUT2D eigenvalue weighted by atomic mass is 16.3. The van der Waals surface area contributed by atoms with Gasteiger partial charge < -0.3 is 10.4 Å². The number of aliphatic imine (C=N–C) groups is 1. The van der Waals surface area contributed by atoms with Crippen LogP contribution in [0.2, 0.25) is 0 Å². The van der Waals surface area contributed by atoms with Crippen LogP contribution in [-0.4, -0.2) is 43.7 Å². The lowest BCUT2D eigenvalue weighted by Crippen LogP contribution is -2.30. The minimum absolute atomic E-state index is 0.153. The number of unbranched alkanes of at least 4 members (excludes halogenated alkanes) is 1. The maximum Gasteiger partial charge on any atom is 0.273 e. The van der Waals surface area contributed by atoms with Gasteiger partial charge in [-0.15, -0.1) is 12.3 Å². The number of nitrogens with zero attached hydrogens (tertiary/aromatic N) is 2. The summed E-state index contributed by atoms with van der Waals surface area (Å²) in [6, 6.07) is 0.406. The number of nitrogens with one attached hydrogen (secondary N) is 1. The lowest BCUT2D eigenvalue weighted by atomic mass is 9.91. The lowest BCUT2D eigenvalue weighted by molar-refractivity contribution is 0.0988. The van der Waals surface area contributed by atoms with Gasteiger partial charge in [-0.3, -0.25) is 10.7 Å². The molecule has 0 saturated carbocycles. The van der Waals surface area contributed by atoms with E-state index < -0.39 is 6.23 Å². The standard InChI is InChI=1S/C19H35N4O/c1-5-6-10-17(22-3)11-8-7-9-16(19(20)24)12-13-18(23-4)14-15-21-2/h1,3,16-19,21,24H,4,6-15,20H2,2H3/q+1/p+1. The predicted molar refractivity (Wildman–Crippen MR) is 105 cm³/mol. The van der Waals surface area contributed by atoms with Gasteiger partial charge in [-0.25, -0.2) is 0 Å². The molecule has 0 spiro atoms. The van der Waals surface area contributed by atoms with Crippen LogP contribution in [0, 0.1) is 24.8 Å². The monoisotopic (exact) mass is 336 g/mol. The van der Waals surface area contributed by atoms with E-state index in [0.717, 1.165) is 57.9 Å². The zero-order chi connectivity index (χ0) is 18.2. The molecule has 4 unspecified atom stereocenters. The third-order valence-electron chi connectivity index (χ3n) is 4.56. The molecule has 4 atom stereocenters. The van der Waals surface area contributed by atoms with Crippen LogP contribution in [0.3, 0.4) is 0 Å². The van der Waals surface area contributed by atoms with Gasteiger partial charge in [0.1, 0.15) is 0 Å². The van der Waals surface area contributed by atoms with Crippen molar-refractivity contribution in [2.45, 2.75) is 76.1 Å². The van der Waals surface area contributed by atoms with Crippen molar-refractivity contribution < 1.29 is 5.11 Å². The fourth-order valence-electron chi connectivity index (χ4n) is 2.88. The van der Waals surface area contributed by atoms with Crippen molar-refractivity contribution >= 4 is 6.72 Å². The Kier molecular flexibility index (Phi) is 14.3. The van der Waals surface area contributed by atoms with Crippen LogP contribution in [0.4, 0.5) is 0 Å². The van der Waals surface area contributed by atoms with Crippen LogP contribution in [0.1, 0.15) is 57.8 Å². The van der Waals surface area contributed by atoms with Gasteiger partial charge in [0.2, 0.25) is 6.23 Å². The topological polar surface area (TPSA) is 77.7 Å². The molecule has 5 nitrogen and oxygen atoms in total. The molecule has 0 aliphatic carbocycles. The minimum atomic E-state index is -0.531. The maximum absolute atomic E-state index is 7.88. The Morgan fingerprint density at radius 2 is 1.92 bits per heavy atom. The molecule has 0 radical (unpaired) electrons. The molecule has 24 heavy (non-hydrogen) atoms. The van der Waals surface area contributed by atoms with Gasteiger partial charge in [0.25, 0.3) is 12.6 Å². The summed E-state index contributed by atoms with van der Waals surface area (Å²) in [6.07, 6.45) is 13.2. The molecule has 0 saturated heterocycles. The summed E-state index contributed by atoms with van der Waals surface area (Å²) in [4.78, 5) is 8.08. The SMILES string of the molecule is C#CCCC(CCCCC(CCC(CCNC)N=C)C(N)[OH2+])[N+]#C. The summed E-state index contributed by atoms with van der Waals surface area (Å²) in [5.41, 5.74) is 5.85. The average molecular weight is 337 g/mol. The summed E-state index contributed by atoms with van der Waals surface area (Å²) in [6.45, 7) is 10.0. The molecule has 0 fully saturated rings. The molecule has 5 heteroatoms. The van der Waals surface area contributed by atoms with Gasteiger partial charge in [0.15, 0.2) is 0 Å². The number of nitrogens with two attached hydrogens (primary N) is 1. The van der Waals surface area contributed by atoms with Crippen molar-refractivity contribution in [3.63, 3.8) is 0 Å². The summed E-state index contributed by atoms with van der Waals surface area (Å²) >= 11 is 0. The van der Waals surface area contributed by atoms with Crippen LogP contribution in [0.5, 0.6) is 0 Å². The van der Waals surface area contributed by atoms with Crippen LogP contribution in [-0.2, 0) is 0 Å². The first-order chi connectivity index (χ1) is 11.6. The number of rotatable bonds is 15. The summed E-state index contributed by atoms with van der Waals surface area (Å²) in [5, 5.41) is 11.0. The minimum Gasteiger partial charge on any atom is -0.431 e. The van der Waals surface area contributed by atoms with E-state index in [1.807, 2.05) is 7.05 Å². The van der Waals surface area contributed by atoms with E-state index in [2.05, 4.69) is 27.8 Å². The number of hydrogen-bond donors (Lipinski definition) is 2. The first-order valence-electron chi connectivity index (χ1n) is 8.99. The van der Waals surface area contributed by atoms with Crippen molar-refractivity contribution in [2.24, 2.45) is 16.6 Å². The Balaban J connectivity index is 4.10. The van der Waals surface area contributed by atoms with Gasteiger partial charge in [-0.05, 0) is 52.4 Å². The molecule has 0 aromatic heterocycles. The van der Waals surface area contributed by atoms with Crippen LogP contribution in [0.15, 0.2) is 4.99 Å². The second kappa shape index (κ2) is 15.1. The van der Waals surface area contributed by atoms with Crippen molar-refractivity contribution in [3.8, 4) is 18.9 Å². The van der Waals surface area contributed by atoms with Gasteiger partial charge in [0, 0.05) is 25.2 Å². The molecular formula is C19H36N4O+2. The van der Waals surface area contributed by atoms with Crippen molar-refractivity contribution in [1.29, 1.82) is 0 Å². The predicted octanol–water partition coefficient (Wildman–Crippen LogP) is 2.38. The normalized spacial score (nSPS) is 15.7. The second-order valence-electron chi connectivity index (χ2n) is 6.42. The first-order valence-corrected chi connectivity index (χ1v) is 8.99. The molecule has 136 valence electrons. The van der Waals surface area contributed by atoms with Crippen LogP contribution < -0.4 is 11.1 Å². The Labute approximate surface area is 147 Å². The van der Waals surface area contributed by atoms with E-state index in [1.165, 1.54) is 0 Å². The van der Waals surface area contributed by atoms with E-state index >= 15 is 0 Å². The lowest BCUT2D eigenvalue weighted by Gasteiger charge is -2.19. The number of terminal acetylenes is 1. The van der Waals surface area contributed by atoms with E-state index in [1.54, 1.807) is 0 Å². The Bertz CT molecular complexity index is 397. The molecule has 0 bridgehead atoms. The van der Waals surface area contributed by atoms with E-state index in [4.69, 9.17) is 23.8 Å². The van der Waals surface area contributed by atoms with Gasteiger partial charge in [-0.2, -0.15) is 0 Å². The van der Waals surface area contributed by atoms with E-state index in [-0.39, 0.29) is 18.0 Å². The average Bonchev–Trinajstić information content (AvgIpc) is 2.58. The second-order valence-corrected chi connectivity index (χ2v) is 6.42. The van der Waals surface area contributed by atoms with Crippen LogP contribution in [0.25, 0.3) is 4.85 Å². The Morgan fingerprint density at radius 3 is 2.46 bits per heavy atom. The summed E-state index contributed by atoms with van der Waals surface area (Å²) in [7, 11) is 1.94. The Hall–Kier alpha value is -1.40. The zero-order valence-electron chi connectivity index (χ0n) is 15.2. The quantitative estimate of drug-likeness (QED) is 0.158. The van der Waals surface area contributed by atoms with Gasteiger partial charge in [0.05, 0.1) is 6.04 Å². The molecule has 0 aliphatic rings. The first kappa shape index (κ1) is 22.6. The third-order valence-corrected chi connectivity index (χ3v) is 4.56. The molecule has 5 N–H and O–H groups in total. The van der Waals surface area contributed by atoms with Crippen molar-refractivity contribution in [2.75, 3.05) is 13.6 Å². The highest BCUT2D eigenvalue weighted by Gasteiger charge is 2.21. The fraction of sp³-hybridized carbons (Fsp3) is 0.789. The third kappa shape index (κ3) is 11.2. The van der Waals surface area contributed by atoms with Crippen LogP contribution >= 0.6 is 0 Å². The smallest absolute Gasteiger partial charge is 0.273 e. The summed E-state index contributed by atoms with van der Waals surface area (Å²) < 4.78 is 0. The molecule has 0 aliphatic heterocycles. The fourth-order valence-corrected chi connectivity index (χ4v) is 2.88. The zero-order valence-corrected chi connectivity index (χ0v) is 15.2. The number of hydrogen-bond acceptors (Lipinski definition) is 3. The van der Waals surface area contributed by atoms with E-state index in [0.29, 0.717) is 6.42 Å². The van der Waals surface area contributed by atoms with Gasteiger partial charge in [-0.1, -0.05) is 11.3 Å². The molecule has 0 aromatic rings. The largest absolute Gasteiger partial charge is 0.431 e. The molecule has 0 rings (SSSR count).